The van der Waals surface area contributed by atoms with E-state index in [0.717, 1.165) is 16.9 Å². The van der Waals surface area contributed by atoms with Crippen molar-refractivity contribution < 1.29 is 9.32 Å². The first-order valence-electron chi connectivity index (χ1n) is 8.48. The third-order valence-electron chi connectivity index (χ3n) is 4.15. The molecule has 3 aromatic heterocycles. The van der Waals surface area contributed by atoms with Gasteiger partial charge in [0.2, 0.25) is 5.91 Å². The number of imidazole rings is 1. The van der Waals surface area contributed by atoms with E-state index in [1.807, 2.05) is 65.3 Å². The molecule has 4 rings (SSSR count). The molecule has 6 heteroatoms. The van der Waals surface area contributed by atoms with Crippen molar-refractivity contribution in [1.82, 2.24) is 19.9 Å². The van der Waals surface area contributed by atoms with Crippen LogP contribution >= 0.6 is 0 Å². The number of aromatic nitrogens is 3. The molecule has 0 saturated heterocycles. The van der Waals surface area contributed by atoms with Crippen LogP contribution < -0.4 is 5.32 Å². The van der Waals surface area contributed by atoms with Gasteiger partial charge >= 0.3 is 0 Å². The first-order chi connectivity index (χ1) is 12.8. The number of nitrogens with zero attached hydrogens (tertiary/aromatic N) is 3. The first kappa shape index (κ1) is 16.1. The minimum absolute atomic E-state index is 0.0845. The summed E-state index contributed by atoms with van der Waals surface area (Å²) >= 11 is 0. The molecule has 0 saturated carbocycles. The van der Waals surface area contributed by atoms with Crippen LogP contribution in [0.4, 0.5) is 0 Å². The number of rotatable bonds is 6. The van der Waals surface area contributed by atoms with Gasteiger partial charge in [-0.2, -0.15) is 0 Å². The number of benzene rings is 1. The zero-order chi connectivity index (χ0) is 17.8. The van der Waals surface area contributed by atoms with Crippen LogP contribution in [0.1, 0.15) is 11.5 Å². The molecule has 0 atom stereocenters. The Morgan fingerprint density at radius 1 is 1.12 bits per heavy atom. The molecule has 3 heterocycles. The van der Waals surface area contributed by atoms with E-state index in [1.165, 1.54) is 0 Å². The van der Waals surface area contributed by atoms with Gasteiger partial charge in [-0.15, -0.1) is 0 Å². The maximum Gasteiger partial charge on any atom is 0.226 e. The molecule has 130 valence electrons. The maximum absolute atomic E-state index is 12.1. The first-order valence-corrected chi connectivity index (χ1v) is 8.48. The molecule has 1 aromatic carbocycles. The number of hydrogen-bond acceptors (Lipinski definition) is 4. The van der Waals surface area contributed by atoms with Gasteiger partial charge in [-0.3, -0.25) is 4.79 Å². The van der Waals surface area contributed by atoms with E-state index < -0.39 is 0 Å². The zero-order valence-electron chi connectivity index (χ0n) is 14.1. The van der Waals surface area contributed by atoms with Crippen molar-refractivity contribution >= 4 is 11.4 Å². The molecule has 0 fully saturated rings. The fourth-order valence-electron chi connectivity index (χ4n) is 2.86. The molecule has 0 bridgehead atoms. The van der Waals surface area contributed by atoms with E-state index in [0.29, 0.717) is 24.4 Å². The van der Waals surface area contributed by atoms with E-state index >= 15 is 0 Å². The zero-order valence-corrected chi connectivity index (χ0v) is 14.1. The third-order valence-corrected chi connectivity index (χ3v) is 4.15. The minimum Gasteiger partial charge on any atom is -0.356 e. The molecular formula is C20H18N4O2. The largest absolute Gasteiger partial charge is 0.356 e. The minimum atomic E-state index is -0.0845. The van der Waals surface area contributed by atoms with Crippen molar-refractivity contribution in [1.29, 1.82) is 0 Å². The highest BCUT2D eigenvalue weighted by Gasteiger charge is 2.11. The van der Waals surface area contributed by atoms with Crippen LogP contribution in [0, 0.1) is 0 Å². The number of carbonyl (C=O) groups excluding carboxylic acids is 1. The van der Waals surface area contributed by atoms with Gasteiger partial charge in [0.15, 0.2) is 5.76 Å². The fraction of sp³-hybridized carbons (Fsp3) is 0.150. The number of hydrogen-bond donors (Lipinski definition) is 1. The standard InChI is InChI=1S/C20H18N4O2/c25-20(13-16-12-18(26-23-16)15-6-2-1-3-7-15)21-10-9-19-22-14-17-8-4-5-11-24(17)19/h1-8,11-12,14H,9-10,13H2,(H,21,25). The Morgan fingerprint density at radius 2 is 1.96 bits per heavy atom. The normalized spacial score (nSPS) is 10.9. The van der Waals surface area contributed by atoms with Gasteiger partial charge in [-0.1, -0.05) is 41.6 Å². The van der Waals surface area contributed by atoms with E-state index in [9.17, 15) is 4.79 Å². The van der Waals surface area contributed by atoms with E-state index in [2.05, 4.69) is 15.5 Å². The Kier molecular flexibility index (Phi) is 4.47. The molecule has 4 aromatic rings. The highest BCUT2D eigenvalue weighted by atomic mass is 16.5. The number of amides is 1. The van der Waals surface area contributed by atoms with Gasteiger partial charge in [0, 0.05) is 30.8 Å². The summed E-state index contributed by atoms with van der Waals surface area (Å²) in [6, 6.07) is 17.4. The number of nitrogens with one attached hydrogen (secondary N) is 1. The second-order valence-electron chi connectivity index (χ2n) is 6.00. The highest BCUT2D eigenvalue weighted by Crippen LogP contribution is 2.19. The highest BCUT2D eigenvalue weighted by molar-refractivity contribution is 5.78. The summed E-state index contributed by atoms with van der Waals surface area (Å²) in [6.07, 6.45) is 4.66. The van der Waals surface area contributed by atoms with Gasteiger partial charge in [-0.25, -0.2) is 4.98 Å². The molecular weight excluding hydrogens is 328 g/mol. The lowest BCUT2D eigenvalue weighted by molar-refractivity contribution is -0.120. The van der Waals surface area contributed by atoms with Crippen LogP contribution in [0.15, 0.2) is 71.5 Å². The van der Waals surface area contributed by atoms with Crippen LogP contribution in [0.25, 0.3) is 16.8 Å². The summed E-state index contributed by atoms with van der Waals surface area (Å²) in [4.78, 5) is 16.5. The molecule has 26 heavy (non-hydrogen) atoms. The molecule has 0 aliphatic carbocycles. The predicted molar refractivity (Wildman–Crippen MR) is 97.5 cm³/mol. The molecule has 1 N–H and O–H groups in total. The van der Waals surface area contributed by atoms with Crippen LogP contribution in [-0.4, -0.2) is 27.0 Å². The van der Waals surface area contributed by atoms with Gasteiger partial charge in [0.05, 0.1) is 23.8 Å². The van der Waals surface area contributed by atoms with Crippen LogP contribution in [0.3, 0.4) is 0 Å². The topological polar surface area (TPSA) is 72.4 Å². The Hall–Kier alpha value is -3.41. The van der Waals surface area contributed by atoms with Gasteiger partial charge < -0.3 is 14.2 Å². The van der Waals surface area contributed by atoms with Crippen molar-refractivity contribution in [2.75, 3.05) is 6.54 Å². The lowest BCUT2D eigenvalue weighted by atomic mass is 10.1. The number of carbonyl (C=O) groups is 1. The molecule has 0 radical (unpaired) electrons. The Morgan fingerprint density at radius 3 is 2.85 bits per heavy atom. The quantitative estimate of drug-likeness (QED) is 0.583. The molecule has 6 nitrogen and oxygen atoms in total. The van der Waals surface area contributed by atoms with E-state index in [1.54, 1.807) is 6.07 Å². The SMILES string of the molecule is O=C(Cc1cc(-c2ccccc2)on1)NCCc1ncc2ccccn12. The molecule has 0 unspecified atom stereocenters. The van der Waals surface area contributed by atoms with Gasteiger partial charge in [0.1, 0.15) is 5.82 Å². The summed E-state index contributed by atoms with van der Waals surface area (Å²) < 4.78 is 7.34. The Bertz CT molecular complexity index is 1020. The van der Waals surface area contributed by atoms with Crippen molar-refractivity contribution in [2.24, 2.45) is 0 Å². The number of fused-ring (bicyclic) bond motifs is 1. The molecule has 0 spiro atoms. The lowest BCUT2D eigenvalue weighted by Crippen LogP contribution is -2.27. The number of pyridine rings is 1. The Labute approximate surface area is 150 Å². The molecule has 0 aliphatic heterocycles. The summed E-state index contributed by atoms with van der Waals surface area (Å²) in [5.41, 5.74) is 2.61. The summed E-state index contributed by atoms with van der Waals surface area (Å²) in [7, 11) is 0. The summed E-state index contributed by atoms with van der Waals surface area (Å²) in [5.74, 6) is 1.50. The lowest BCUT2D eigenvalue weighted by Gasteiger charge is -2.04. The summed E-state index contributed by atoms with van der Waals surface area (Å²) in [6.45, 7) is 0.524. The average Bonchev–Trinajstić information content (AvgIpc) is 3.30. The van der Waals surface area contributed by atoms with Crippen molar-refractivity contribution in [3.8, 4) is 11.3 Å². The smallest absolute Gasteiger partial charge is 0.226 e. The maximum atomic E-state index is 12.1. The molecule has 1 amide bonds. The van der Waals surface area contributed by atoms with Crippen molar-refractivity contribution in [3.63, 3.8) is 0 Å². The van der Waals surface area contributed by atoms with E-state index in [4.69, 9.17) is 4.52 Å². The van der Waals surface area contributed by atoms with Gasteiger partial charge in [0.25, 0.3) is 0 Å². The van der Waals surface area contributed by atoms with Crippen LogP contribution in [0.2, 0.25) is 0 Å². The van der Waals surface area contributed by atoms with E-state index in [-0.39, 0.29) is 12.3 Å². The second kappa shape index (κ2) is 7.23. The van der Waals surface area contributed by atoms with Crippen molar-refractivity contribution in [3.05, 3.63) is 78.5 Å². The predicted octanol–water partition coefficient (Wildman–Crippen LogP) is 2.89. The second-order valence-corrected chi connectivity index (χ2v) is 6.00. The summed E-state index contributed by atoms with van der Waals surface area (Å²) in [5, 5.41) is 6.89. The third kappa shape index (κ3) is 3.49. The van der Waals surface area contributed by atoms with Crippen LogP contribution in [0.5, 0.6) is 0 Å². The fourth-order valence-corrected chi connectivity index (χ4v) is 2.86. The average molecular weight is 346 g/mol. The van der Waals surface area contributed by atoms with Crippen molar-refractivity contribution in [2.45, 2.75) is 12.8 Å². The van der Waals surface area contributed by atoms with Crippen LogP contribution in [-0.2, 0) is 17.6 Å². The van der Waals surface area contributed by atoms with Gasteiger partial charge in [-0.05, 0) is 12.1 Å². The Balaban J connectivity index is 1.31. The molecule has 0 aliphatic rings. The monoisotopic (exact) mass is 346 g/mol.